The van der Waals surface area contributed by atoms with E-state index >= 15 is 0 Å². The SMILES string of the molecule is CC1CN(c2nc(NC3CCCNC3)c(-c3nc4ccccc4s3)c(=O)[nH]2)CC(C)O1. The Morgan fingerprint density at radius 3 is 2.74 bits per heavy atom. The minimum absolute atomic E-state index is 0.0805. The lowest BCUT2D eigenvalue weighted by molar-refractivity contribution is -0.00572. The molecule has 164 valence electrons. The van der Waals surface area contributed by atoms with Crippen LogP contribution in [0.3, 0.4) is 0 Å². The Morgan fingerprint density at radius 2 is 2.00 bits per heavy atom. The van der Waals surface area contributed by atoms with Gasteiger partial charge >= 0.3 is 0 Å². The molecule has 3 N–H and O–H groups in total. The maximum atomic E-state index is 13.3. The van der Waals surface area contributed by atoms with Crippen LogP contribution in [0.2, 0.25) is 0 Å². The molecule has 2 fully saturated rings. The average Bonchev–Trinajstić information content (AvgIpc) is 3.17. The van der Waals surface area contributed by atoms with Crippen LogP contribution in [-0.2, 0) is 4.74 Å². The van der Waals surface area contributed by atoms with Crippen LogP contribution in [0.5, 0.6) is 0 Å². The van der Waals surface area contributed by atoms with Crippen molar-refractivity contribution in [3.8, 4) is 10.6 Å². The van der Waals surface area contributed by atoms with Gasteiger partial charge in [-0.05, 0) is 45.4 Å². The van der Waals surface area contributed by atoms with Crippen molar-refractivity contribution in [2.75, 3.05) is 36.4 Å². The lowest BCUT2D eigenvalue weighted by Crippen LogP contribution is -2.47. The third-order valence-corrected chi connectivity index (χ3v) is 6.83. The number of aromatic amines is 1. The van der Waals surface area contributed by atoms with Crippen molar-refractivity contribution >= 4 is 33.3 Å². The molecule has 31 heavy (non-hydrogen) atoms. The summed E-state index contributed by atoms with van der Waals surface area (Å²) in [4.78, 5) is 28.1. The van der Waals surface area contributed by atoms with Crippen molar-refractivity contribution in [2.45, 2.75) is 44.9 Å². The van der Waals surface area contributed by atoms with Crippen molar-refractivity contribution in [2.24, 2.45) is 0 Å². The summed E-state index contributed by atoms with van der Waals surface area (Å²) in [7, 11) is 0. The predicted molar refractivity (Wildman–Crippen MR) is 125 cm³/mol. The van der Waals surface area contributed by atoms with E-state index in [0.29, 0.717) is 35.4 Å². The first kappa shape index (κ1) is 20.4. The van der Waals surface area contributed by atoms with Crippen LogP contribution in [0.4, 0.5) is 11.8 Å². The van der Waals surface area contributed by atoms with Crippen LogP contribution < -0.4 is 21.1 Å². The third-order valence-electron chi connectivity index (χ3n) is 5.77. The zero-order chi connectivity index (χ0) is 21.4. The van der Waals surface area contributed by atoms with E-state index in [1.807, 2.05) is 38.1 Å². The molecule has 3 atom stereocenters. The van der Waals surface area contributed by atoms with Gasteiger partial charge in [0.2, 0.25) is 5.95 Å². The number of fused-ring (bicyclic) bond motifs is 1. The van der Waals surface area contributed by atoms with Crippen LogP contribution >= 0.6 is 11.3 Å². The van der Waals surface area contributed by atoms with E-state index in [9.17, 15) is 4.79 Å². The first-order valence-corrected chi connectivity index (χ1v) is 11.8. The minimum Gasteiger partial charge on any atom is -0.372 e. The van der Waals surface area contributed by atoms with Gasteiger partial charge in [-0.3, -0.25) is 9.78 Å². The largest absolute Gasteiger partial charge is 0.372 e. The second kappa shape index (κ2) is 8.57. The molecule has 0 aliphatic carbocycles. The number of rotatable bonds is 4. The topological polar surface area (TPSA) is 95.2 Å². The Morgan fingerprint density at radius 1 is 1.19 bits per heavy atom. The second-order valence-electron chi connectivity index (χ2n) is 8.45. The molecule has 0 bridgehead atoms. The number of morpholine rings is 1. The molecule has 1 aromatic carbocycles. The number of ether oxygens (including phenoxy) is 1. The third kappa shape index (κ3) is 4.30. The van der Waals surface area contributed by atoms with Gasteiger partial charge in [-0.1, -0.05) is 12.1 Å². The van der Waals surface area contributed by atoms with Crippen molar-refractivity contribution < 1.29 is 4.74 Å². The van der Waals surface area contributed by atoms with Crippen molar-refractivity contribution in [3.63, 3.8) is 0 Å². The zero-order valence-corrected chi connectivity index (χ0v) is 18.7. The van der Waals surface area contributed by atoms with E-state index in [-0.39, 0.29) is 23.8 Å². The van der Waals surface area contributed by atoms with Crippen LogP contribution in [0.25, 0.3) is 20.8 Å². The van der Waals surface area contributed by atoms with Crippen LogP contribution in [0, 0.1) is 0 Å². The number of piperidine rings is 1. The molecule has 2 aliphatic rings. The number of benzene rings is 1. The molecule has 0 radical (unpaired) electrons. The minimum atomic E-state index is -0.165. The number of hydrogen-bond donors (Lipinski definition) is 3. The molecule has 2 aliphatic heterocycles. The van der Waals surface area contributed by atoms with Gasteiger partial charge in [-0.25, -0.2) is 4.98 Å². The summed E-state index contributed by atoms with van der Waals surface area (Å²) >= 11 is 1.52. The summed E-state index contributed by atoms with van der Waals surface area (Å²) in [6.45, 7) is 7.36. The molecule has 9 heteroatoms. The predicted octanol–water partition coefficient (Wildman–Crippen LogP) is 2.82. The number of hydrogen-bond acceptors (Lipinski definition) is 8. The molecule has 0 amide bonds. The molecule has 0 saturated carbocycles. The van der Waals surface area contributed by atoms with Gasteiger partial charge in [0.1, 0.15) is 16.4 Å². The molecule has 4 heterocycles. The van der Waals surface area contributed by atoms with Crippen molar-refractivity contribution in [1.29, 1.82) is 0 Å². The molecule has 0 spiro atoms. The van der Waals surface area contributed by atoms with E-state index in [2.05, 4.69) is 20.5 Å². The molecule has 8 nitrogen and oxygen atoms in total. The Kier molecular flexibility index (Phi) is 5.64. The summed E-state index contributed by atoms with van der Waals surface area (Å²) in [5, 5.41) is 7.67. The Bertz CT molecular complexity index is 1080. The van der Waals surface area contributed by atoms with Gasteiger partial charge in [0.05, 0.1) is 22.4 Å². The maximum Gasteiger partial charge on any atom is 0.264 e. The van der Waals surface area contributed by atoms with Gasteiger partial charge in [-0.15, -0.1) is 11.3 Å². The zero-order valence-electron chi connectivity index (χ0n) is 17.9. The van der Waals surface area contributed by atoms with Gasteiger partial charge in [0.25, 0.3) is 5.56 Å². The van der Waals surface area contributed by atoms with Crippen molar-refractivity contribution in [3.05, 3.63) is 34.6 Å². The molecule has 3 unspecified atom stereocenters. The quantitative estimate of drug-likeness (QED) is 0.574. The Labute approximate surface area is 185 Å². The number of nitrogens with one attached hydrogen (secondary N) is 3. The van der Waals surface area contributed by atoms with Gasteiger partial charge < -0.3 is 20.3 Å². The fourth-order valence-corrected chi connectivity index (χ4v) is 5.42. The molecule has 2 aromatic heterocycles. The fourth-order valence-electron chi connectivity index (χ4n) is 4.41. The van der Waals surface area contributed by atoms with E-state index in [4.69, 9.17) is 14.7 Å². The van der Waals surface area contributed by atoms with Crippen molar-refractivity contribution in [1.82, 2.24) is 20.3 Å². The fraction of sp³-hybridized carbons (Fsp3) is 0.500. The highest BCUT2D eigenvalue weighted by Crippen LogP contribution is 2.33. The smallest absolute Gasteiger partial charge is 0.264 e. The Hall–Kier alpha value is -2.49. The second-order valence-corrected chi connectivity index (χ2v) is 9.48. The number of aromatic nitrogens is 3. The molecule has 5 rings (SSSR count). The number of H-pyrrole nitrogens is 1. The number of para-hydroxylation sites is 1. The lowest BCUT2D eigenvalue weighted by atomic mass is 10.1. The maximum absolute atomic E-state index is 13.3. The van der Waals surface area contributed by atoms with Gasteiger partial charge in [0.15, 0.2) is 0 Å². The standard InChI is InChI=1S/C22H28N6O2S/c1-13-11-28(12-14(2)30-13)22-26-19(24-15-6-5-9-23-10-15)18(20(29)27-22)21-25-16-7-3-4-8-17(16)31-21/h3-4,7-8,13-15,23H,5-6,9-12H2,1-2H3,(H2,24,26,27,29). The molecular formula is C22H28N6O2S. The lowest BCUT2D eigenvalue weighted by Gasteiger charge is -2.36. The van der Waals surface area contributed by atoms with Crippen LogP contribution in [0.1, 0.15) is 26.7 Å². The normalized spacial score (nSPS) is 24.5. The highest BCUT2D eigenvalue weighted by atomic mass is 32.1. The first-order valence-electron chi connectivity index (χ1n) is 10.9. The first-order chi connectivity index (χ1) is 15.1. The van der Waals surface area contributed by atoms with E-state index in [0.717, 1.165) is 36.1 Å². The number of nitrogens with zero attached hydrogens (tertiary/aromatic N) is 3. The highest BCUT2D eigenvalue weighted by molar-refractivity contribution is 7.21. The molecular weight excluding hydrogens is 412 g/mol. The Balaban J connectivity index is 1.57. The van der Waals surface area contributed by atoms with E-state index in [1.54, 1.807) is 0 Å². The van der Waals surface area contributed by atoms with Gasteiger partial charge in [-0.2, -0.15) is 4.98 Å². The van der Waals surface area contributed by atoms with Crippen LogP contribution in [-0.4, -0.2) is 59.4 Å². The summed E-state index contributed by atoms with van der Waals surface area (Å²) in [5.41, 5.74) is 1.25. The number of anilines is 2. The molecule has 2 saturated heterocycles. The number of thiazole rings is 1. The summed E-state index contributed by atoms with van der Waals surface area (Å²) in [5.74, 6) is 1.20. The van der Waals surface area contributed by atoms with Crippen LogP contribution in [0.15, 0.2) is 29.1 Å². The summed E-state index contributed by atoms with van der Waals surface area (Å²) in [6, 6.07) is 8.18. The van der Waals surface area contributed by atoms with E-state index in [1.165, 1.54) is 11.3 Å². The summed E-state index contributed by atoms with van der Waals surface area (Å²) < 4.78 is 6.91. The monoisotopic (exact) mass is 440 g/mol. The van der Waals surface area contributed by atoms with Gasteiger partial charge in [0, 0.05) is 25.7 Å². The molecule has 3 aromatic rings. The summed E-state index contributed by atoms with van der Waals surface area (Å²) in [6.07, 6.45) is 2.30. The van der Waals surface area contributed by atoms with E-state index < -0.39 is 0 Å². The highest BCUT2D eigenvalue weighted by Gasteiger charge is 2.27. The average molecular weight is 441 g/mol.